The number of aliphatic hydroxyl groups is 1. The smallest absolute Gasteiger partial charge is 0.416 e. The minimum atomic E-state index is -5.04. The van der Waals surface area contributed by atoms with E-state index in [9.17, 15) is 35.5 Å². The van der Waals surface area contributed by atoms with E-state index in [-0.39, 0.29) is 42.1 Å². The van der Waals surface area contributed by atoms with Crippen LogP contribution >= 0.6 is 0 Å². The number of aromatic nitrogens is 2. The van der Waals surface area contributed by atoms with Crippen molar-refractivity contribution in [2.75, 3.05) is 86.0 Å². The van der Waals surface area contributed by atoms with Crippen molar-refractivity contribution in [2.24, 2.45) is 0 Å². The molecule has 3 heterocycles. The summed E-state index contributed by atoms with van der Waals surface area (Å²) in [5.41, 5.74) is -2.54. The van der Waals surface area contributed by atoms with Crippen molar-refractivity contribution in [2.45, 2.75) is 25.8 Å². The van der Waals surface area contributed by atoms with Gasteiger partial charge in [-0.3, -0.25) is 14.6 Å². The first kappa shape index (κ1) is 39.9. The lowest BCUT2D eigenvalue weighted by Gasteiger charge is -2.26. The Kier molecular flexibility index (Phi) is 14.1. The third kappa shape index (κ3) is 11.8. The minimum absolute atomic E-state index is 0.0195. The van der Waals surface area contributed by atoms with Gasteiger partial charge in [-0.15, -0.1) is 0 Å². The number of nitrogens with zero attached hydrogens (tertiary/aromatic N) is 5. The van der Waals surface area contributed by atoms with Crippen molar-refractivity contribution in [1.82, 2.24) is 24.7 Å². The summed E-state index contributed by atoms with van der Waals surface area (Å²) >= 11 is 0. The molecular formula is C34H40F7N5O5. The lowest BCUT2D eigenvalue weighted by Crippen LogP contribution is -2.38. The van der Waals surface area contributed by atoms with Crippen molar-refractivity contribution in [1.29, 1.82) is 0 Å². The van der Waals surface area contributed by atoms with E-state index in [0.717, 1.165) is 37.7 Å². The van der Waals surface area contributed by atoms with Crippen molar-refractivity contribution in [3.8, 4) is 17.1 Å². The molecule has 10 nitrogen and oxygen atoms in total. The van der Waals surface area contributed by atoms with Gasteiger partial charge in [-0.2, -0.15) is 31.3 Å². The van der Waals surface area contributed by atoms with Crippen LogP contribution < -0.4 is 4.74 Å². The highest BCUT2D eigenvalue weighted by Crippen LogP contribution is 2.37. The van der Waals surface area contributed by atoms with E-state index < -0.39 is 41.7 Å². The highest BCUT2D eigenvalue weighted by Gasteiger charge is 2.37. The molecule has 0 saturated carbocycles. The number of carbonyl (C=O) groups is 1. The molecule has 1 amide bonds. The van der Waals surface area contributed by atoms with E-state index in [2.05, 4.69) is 19.8 Å². The number of β-amino-alcohol motifs (C(OH)–C–C–N with tert-alkyl or cyclic N) is 1. The van der Waals surface area contributed by atoms with Gasteiger partial charge < -0.3 is 24.2 Å². The minimum Gasteiger partial charge on any atom is -0.462 e. The van der Waals surface area contributed by atoms with Gasteiger partial charge in [0.1, 0.15) is 18.1 Å². The third-order valence-corrected chi connectivity index (χ3v) is 8.12. The van der Waals surface area contributed by atoms with E-state index in [0.29, 0.717) is 56.1 Å². The molecule has 17 heteroatoms. The van der Waals surface area contributed by atoms with Crippen LogP contribution in [0.15, 0.2) is 42.6 Å². The van der Waals surface area contributed by atoms with Crippen molar-refractivity contribution in [3.05, 3.63) is 76.4 Å². The number of hydrogen-bond acceptors (Lipinski definition) is 9. The van der Waals surface area contributed by atoms with Crippen molar-refractivity contribution >= 4 is 5.91 Å². The van der Waals surface area contributed by atoms with Crippen molar-refractivity contribution in [3.63, 3.8) is 0 Å². The second kappa shape index (κ2) is 18.0. The summed E-state index contributed by atoms with van der Waals surface area (Å²) in [6.07, 6.45) is -8.76. The number of aliphatic hydroxyl groups excluding tert-OH is 1. The number of benzene rings is 2. The summed E-state index contributed by atoms with van der Waals surface area (Å²) in [6, 6.07) is 4.82. The Labute approximate surface area is 290 Å². The number of alkyl halides is 6. The van der Waals surface area contributed by atoms with Gasteiger partial charge in [0.25, 0.3) is 5.91 Å². The lowest BCUT2D eigenvalue weighted by molar-refractivity contribution is -0.143. The summed E-state index contributed by atoms with van der Waals surface area (Å²) < 4.78 is 110. The molecule has 1 N–H and O–H groups in total. The van der Waals surface area contributed by atoms with E-state index in [1.165, 1.54) is 31.4 Å². The largest absolute Gasteiger partial charge is 0.462 e. The van der Waals surface area contributed by atoms with Gasteiger partial charge in [0, 0.05) is 64.6 Å². The normalized spacial score (nSPS) is 16.0. The maximum atomic E-state index is 13.8. The second-order valence-corrected chi connectivity index (χ2v) is 11.9. The first-order valence-corrected chi connectivity index (χ1v) is 16.2. The highest BCUT2D eigenvalue weighted by molar-refractivity contribution is 5.99. The molecule has 280 valence electrons. The fraction of sp³-hybridized carbons (Fsp3) is 0.500. The highest BCUT2D eigenvalue weighted by atomic mass is 19.4. The third-order valence-electron chi connectivity index (χ3n) is 8.12. The van der Waals surface area contributed by atoms with Gasteiger partial charge in [0.05, 0.1) is 44.2 Å². The molecule has 2 saturated heterocycles. The van der Waals surface area contributed by atoms with Crippen LogP contribution in [0.4, 0.5) is 30.7 Å². The zero-order chi connectivity index (χ0) is 37.2. The van der Waals surface area contributed by atoms with Crippen LogP contribution in [0.1, 0.15) is 32.7 Å². The number of carbonyl (C=O) groups excluding carboxylic acids is 1. The van der Waals surface area contributed by atoms with Crippen LogP contribution in [0.2, 0.25) is 0 Å². The molecule has 5 rings (SSSR count). The zero-order valence-corrected chi connectivity index (χ0v) is 28.2. The number of hydrogen-bond donors (Lipinski definition) is 1. The molecule has 51 heavy (non-hydrogen) atoms. The van der Waals surface area contributed by atoms with Gasteiger partial charge in [0.15, 0.2) is 0 Å². The standard InChI is InChI=1S/C28H27F7N4O3.C6H13NO2/c1-17-11-21(29)3-4-22(17)23-15-36-26(42-10-7-39-5-8-41-9-6-39)37-24(23)25(40)38(2)16-18-12-19(27(30,31)32)14-20(13-18)28(33,34)35;8-4-1-7-2-5-9-6-3-7/h3-4,11-15H,5-10,16H2,1-2H3;8H,1-6H2. The number of aryl methyl sites for hydroxylation is 1. The summed E-state index contributed by atoms with van der Waals surface area (Å²) in [6.45, 7) is 8.97. The SMILES string of the molecule is Cc1cc(F)ccc1-c1cnc(OCCN2CCOCC2)nc1C(=O)N(C)Cc1cc(C(F)(F)F)cc(C(F)(F)F)c1.OCCN1CCOCC1. The number of ether oxygens (including phenoxy) is 3. The Morgan fingerprint density at radius 3 is 1.98 bits per heavy atom. The van der Waals surface area contributed by atoms with Crippen LogP contribution in [0.25, 0.3) is 11.1 Å². The summed E-state index contributed by atoms with van der Waals surface area (Å²) in [7, 11) is 1.22. The Morgan fingerprint density at radius 2 is 1.45 bits per heavy atom. The maximum absolute atomic E-state index is 13.8. The molecule has 0 spiro atoms. The van der Waals surface area contributed by atoms with E-state index in [1.807, 2.05) is 0 Å². The molecule has 2 aliphatic heterocycles. The number of rotatable bonds is 10. The number of halogens is 7. The van der Waals surface area contributed by atoms with Crippen LogP contribution in [0.5, 0.6) is 6.01 Å². The van der Waals surface area contributed by atoms with Gasteiger partial charge in [-0.25, -0.2) is 9.37 Å². The van der Waals surface area contributed by atoms with Crippen LogP contribution in [0, 0.1) is 12.7 Å². The first-order valence-electron chi connectivity index (χ1n) is 16.2. The molecule has 1 aromatic heterocycles. The molecule has 2 fully saturated rings. The van der Waals surface area contributed by atoms with Crippen LogP contribution in [-0.4, -0.2) is 122 Å². The average Bonchev–Trinajstić information content (AvgIpc) is 3.08. The fourth-order valence-corrected chi connectivity index (χ4v) is 5.42. The van der Waals surface area contributed by atoms with E-state index in [1.54, 1.807) is 6.92 Å². The molecular weight excluding hydrogens is 691 g/mol. The Hall–Kier alpha value is -3.90. The van der Waals surface area contributed by atoms with Crippen LogP contribution in [-0.2, 0) is 28.4 Å². The number of amides is 1. The Bertz CT molecular complexity index is 1560. The van der Waals surface area contributed by atoms with Gasteiger partial charge in [-0.05, 0) is 53.9 Å². The monoisotopic (exact) mass is 731 g/mol. The molecule has 0 radical (unpaired) electrons. The Balaban J connectivity index is 0.000000563. The molecule has 0 bridgehead atoms. The Morgan fingerprint density at radius 1 is 0.882 bits per heavy atom. The summed E-state index contributed by atoms with van der Waals surface area (Å²) in [4.78, 5) is 27.3. The molecule has 2 aromatic carbocycles. The van der Waals surface area contributed by atoms with Gasteiger partial charge >= 0.3 is 18.4 Å². The van der Waals surface area contributed by atoms with Crippen molar-refractivity contribution < 1.29 is 54.8 Å². The first-order chi connectivity index (χ1) is 24.2. The summed E-state index contributed by atoms with van der Waals surface area (Å²) in [5.74, 6) is -1.34. The second-order valence-electron chi connectivity index (χ2n) is 11.9. The maximum Gasteiger partial charge on any atom is 0.416 e. The predicted molar refractivity (Wildman–Crippen MR) is 172 cm³/mol. The van der Waals surface area contributed by atoms with E-state index in [4.69, 9.17) is 19.3 Å². The fourth-order valence-electron chi connectivity index (χ4n) is 5.42. The van der Waals surface area contributed by atoms with Gasteiger partial charge in [0.2, 0.25) is 0 Å². The quantitative estimate of drug-likeness (QED) is 0.292. The molecule has 2 aliphatic rings. The summed E-state index contributed by atoms with van der Waals surface area (Å²) in [5, 5.41) is 8.54. The zero-order valence-electron chi connectivity index (χ0n) is 28.2. The topological polar surface area (TPSA) is 100 Å². The number of morpholine rings is 2. The molecule has 0 atom stereocenters. The molecule has 0 aliphatic carbocycles. The predicted octanol–water partition coefficient (Wildman–Crippen LogP) is 4.92. The average molecular weight is 732 g/mol. The molecule has 0 unspecified atom stereocenters. The lowest BCUT2D eigenvalue weighted by atomic mass is 9.99. The molecule has 3 aromatic rings. The van der Waals surface area contributed by atoms with Gasteiger partial charge in [-0.1, -0.05) is 6.07 Å². The van der Waals surface area contributed by atoms with Crippen LogP contribution in [0.3, 0.4) is 0 Å². The van der Waals surface area contributed by atoms with E-state index >= 15 is 0 Å².